The number of aryl methyl sites for hydroxylation is 1. The first-order valence-electron chi connectivity index (χ1n) is 8.36. The molecular weight excluding hydrogens is 382 g/mol. The summed E-state index contributed by atoms with van der Waals surface area (Å²) in [5.74, 6) is -0.123. The number of carbonyl (C=O) groups is 1. The third-order valence-electron chi connectivity index (χ3n) is 4.33. The van der Waals surface area contributed by atoms with Crippen molar-refractivity contribution in [1.29, 1.82) is 0 Å². The van der Waals surface area contributed by atoms with E-state index in [-0.39, 0.29) is 10.8 Å². The number of benzene rings is 2. The van der Waals surface area contributed by atoms with E-state index in [2.05, 4.69) is 15.3 Å². The zero-order valence-corrected chi connectivity index (χ0v) is 16.2. The largest absolute Gasteiger partial charge is 0.361 e. The predicted molar refractivity (Wildman–Crippen MR) is 108 cm³/mol. The van der Waals surface area contributed by atoms with E-state index in [4.69, 9.17) is 0 Å². The average molecular weight is 399 g/mol. The standard InChI is InChI=1S/C19H17N3O3S2/c1-27(24,25)13-7-8-16-17(10-13)26-19(21-16)22-18(23)9-6-12-11-20-15-5-3-2-4-14(12)15/h2-5,7-8,10-11,20H,6,9H2,1H3,(H,21,22,23). The summed E-state index contributed by atoms with van der Waals surface area (Å²) in [7, 11) is -3.27. The third kappa shape index (κ3) is 3.72. The van der Waals surface area contributed by atoms with Crippen molar-refractivity contribution < 1.29 is 13.2 Å². The van der Waals surface area contributed by atoms with Crippen molar-refractivity contribution >= 4 is 53.3 Å². The van der Waals surface area contributed by atoms with Gasteiger partial charge in [-0.1, -0.05) is 29.5 Å². The molecule has 6 nitrogen and oxygen atoms in total. The maximum Gasteiger partial charge on any atom is 0.226 e. The maximum absolute atomic E-state index is 12.3. The summed E-state index contributed by atoms with van der Waals surface area (Å²) in [6, 6.07) is 12.8. The fourth-order valence-corrected chi connectivity index (χ4v) is 4.60. The Hall–Kier alpha value is -2.71. The number of aromatic amines is 1. The topological polar surface area (TPSA) is 91.9 Å². The summed E-state index contributed by atoms with van der Waals surface area (Å²) in [4.78, 5) is 20.1. The Balaban J connectivity index is 1.46. The highest BCUT2D eigenvalue weighted by Crippen LogP contribution is 2.28. The van der Waals surface area contributed by atoms with Gasteiger partial charge in [-0.25, -0.2) is 13.4 Å². The minimum atomic E-state index is -3.27. The van der Waals surface area contributed by atoms with Crippen LogP contribution in [0, 0.1) is 0 Å². The number of hydrogen-bond acceptors (Lipinski definition) is 5. The molecule has 2 aromatic carbocycles. The number of fused-ring (bicyclic) bond motifs is 2. The smallest absolute Gasteiger partial charge is 0.226 e. The van der Waals surface area contributed by atoms with Crippen molar-refractivity contribution in [3.8, 4) is 0 Å². The maximum atomic E-state index is 12.3. The quantitative estimate of drug-likeness (QED) is 0.535. The van der Waals surface area contributed by atoms with Crippen molar-refractivity contribution in [3.63, 3.8) is 0 Å². The van der Waals surface area contributed by atoms with E-state index in [1.807, 2.05) is 30.5 Å². The van der Waals surface area contributed by atoms with E-state index in [0.29, 0.717) is 23.5 Å². The molecule has 0 bridgehead atoms. The Bertz CT molecular complexity index is 1260. The lowest BCUT2D eigenvalue weighted by molar-refractivity contribution is -0.116. The predicted octanol–water partition coefficient (Wildman–Crippen LogP) is 3.75. The molecule has 0 aliphatic heterocycles. The number of sulfone groups is 1. The molecule has 2 heterocycles. The number of nitrogens with one attached hydrogen (secondary N) is 2. The summed E-state index contributed by atoms with van der Waals surface area (Å²) in [6.45, 7) is 0. The van der Waals surface area contributed by atoms with Crippen LogP contribution in [0.25, 0.3) is 21.1 Å². The number of amides is 1. The number of nitrogens with zero attached hydrogens (tertiary/aromatic N) is 1. The van der Waals surface area contributed by atoms with Crippen LogP contribution in [0.4, 0.5) is 5.13 Å². The molecule has 0 unspecified atom stereocenters. The number of carbonyl (C=O) groups excluding carboxylic acids is 1. The molecule has 0 radical (unpaired) electrons. The van der Waals surface area contributed by atoms with Crippen LogP contribution in [0.2, 0.25) is 0 Å². The molecule has 0 atom stereocenters. The second kappa shape index (κ2) is 6.79. The number of H-pyrrole nitrogens is 1. The van der Waals surface area contributed by atoms with Crippen LogP contribution in [0.15, 0.2) is 53.6 Å². The summed E-state index contributed by atoms with van der Waals surface area (Å²) < 4.78 is 24.1. The van der Waals surface area contributed by atoms with E-state index < -0.39 is 9.84 Å². The summed E-state index contributed by atoms with van der Waals surface area (Å²) in [6.07, 6.45) is 4.07. The van der Waals surface area contributed by atoms with E-state index in [9.17, 15) is 13.2 Å². The van der Waals surface area contributed by atoms with Gasteiger partial charge in [0.2, 0.25) is 5.91 Å². The molecule has 2 N–H and O–H groups in total. The average Bonchev–Trinajstić information content (AvgIpc) is 3.21. The minimum absolute atomic E-state index is 0.123. The fraction of sp³-hybridized carbons (Fsp3) is 0.158. The molecule has 0 aliphatic rings. The zero-order valence-electron chi connectivity index (χ0n) is 14.5. The highest BCUT2D eigenvalue weighted by molar-refractivity contribution is 7.90. The second-order valence-electron chi connectivity index (χ2n) is 6.33. The molecule has 0 fully saturated rings. The lowest BCUT2D eigenvalue weighted by Crippen LogP contribution is -2.11. The molecular formula is C19H17N3O3S2. The molecule has 4 rings (SSSR count). The van der Waals surface area contributed by atoms with Crippen molar-refractivity contribution in [2.45, 2.75) is 17.7 Å². The number of thiazole rings is 1. The van der Waals surface area contributed by atoms with Crippen molar-refractivity contribution in [3.05, 3.63) is 54.2 Å². The fourth-order valence-electron chi connectivity index (χ4n) is 2.96. The number of rotatable bonds is 5. The Morgan fingerprint density at radius 2 is 2.04 bits per heavy atom. The molecule has 27 heavy (non-hydrogen) atoms. The van der Waals surface area contributed by atoms with Crippen LogP contribution >= 0.6 is 11.3 Å². The Labute approximate surface area is 160 Å². The molecule has 1 amide bonds. The number of aromatic nitrogens is 2. The minimum Gasteiger partial charge on any atom is -0.361 e. The van der Waals surface area contributed by atoms with Gasteiger partial charge in [0.05, 0.1) is 15.1 Å². The first-order chi connectivity index (χ1) is 12.9. The van der Waals surface area contributed by atoms with Gasteiger partial charge in [0.1, 0.15) is 0 Å². The summed E-state index contributed by atoms with van der Waals surface area (Å²) in [5.41, 5.74) is 2.82. The highest BCUT2D eigenvalue weighted by Gasteiger charge is 2.13. The van der Waals surface area contributed by atoms with Crippen LogP contribution in [-0.4, -0.2) is 30.5 Å². The van der Waals surface area contributed by atoms with Gasteiger partial charge in [-0.3, -0.25) is 4.79 Å². The highest BCUT2D eigenvalue weighted by atomic mass is 32.2. The SMILES string of the molecule is CS(=O)(=O)c1ccc2nc(NC(=O)CCc3c[nH]c4ccccc34)sc2c1. The van der Waals surface area contributed by atoms with Crippen LogP contribution in [-0.2, 0) is 21.1 Å². The second-order valence-corrected chi connectivity index (χ2v) is 9.37. The van der Waals surface area contributed by atoms with Gasteiger partial charge in [-0.05, 0) is 36.2 Å². The lowest BCUT2D eigenvalue weighted by Gasteiger charge is -2.01. The van der Waals surface area contributed by atoms with Gasteiger partial charge in [0.15, 0.2) is 15.0 Å². The lowest BCUT2D eigenvalue weighted by atomic mass is 10.1. The third-order valence-corrected chi connectivity index (χ3v) is 6.37. The summed E-state index contributed by atoms with van der Waals surface area (Å²) in [5, 5.41) is 4.40. The van der Waals surface area contributed by atoms with Crippen LogP contribution < -0.4 is 5.32 Å². The van der Waals surface area contributed by atoms with E-state index in [1.54, 1.807) is 12.1 Å². The Morgan fingerprint density at radius 1 is 1.22 bits per heavy atom. The van der Waals surface area contributed by atoms with Gasteiger partial charge < -0.3 is 10.3 Å². The van der Waals surface area contributed by atoms with Gasteiger partial charge in [-0.15, -0.1) is 0 Å². The molecule has 0 saturated heterocycles. The molecule has 4 aromatic rings. The Kier molecular flexibility index (Phi) is 4.45. The van der Waals surface area contributed by atoms with Gasteiger partial charge in [0, 0.05) is 29.8 Å². The monoisotopic (exact) mass is 399 g/mol. The zero-order chi connectivity index (χ0) is 19.0. The van der Waals surface area contributed by atoms with Crippen LogP contribution in [0.3, 0.4) is 0 Å². The van der Waals surface area contributed by atoms with Crippen LogP contribution in [0.5, 0.6) is 0 Å². The summed E-state index contributed by atoms with van der Waals surface area (Å²) >= 11 is 1.27. The normalized spacial score (nSPS) is 11.9. The van der Waals surface area contributed by atoms with E-state index >= 15 is 0 Å². The van der Waals surface area contributed by atoms with Crippen LogP contribution in [0.1, 0.15) is 12.0 Å². The van der Waals surface area contributed by atoms with E-state index in [0.717, 1.165) is 21.2 Å². The molecule has 138 valence electrons. The van der Waals surface area contributed by atoms with E-state index in [1.165, 1.54) is 23.7 Å². The van der Waals surface area contributed by atoms with Crippen molar-refractivity contribution in [2.75, 3.05) is 11.6 Å². The Morgan fingerprint density at radius 3 is 2.85 bits per heavy atom. The first-order valence-corrected chi connectivity index (χ1v) is 11.1. The molecule has 0 spiro atoms. The molecule has 2 aromatic heterocycles. The van der Waals surface area contributed by atoms with Gasteiger partial charge >= 0.3 is 0 Å². The number of para-hydroxylation sites is 1. The van der Waals surface area contributed by atoms with Gasteiger partial charge in [-0.2, -0.15) is 0 Å². The molecule has 0 aliphatic carbocycles. The molecule has 8 heteroatoms. The number of anilines is 1. The van der Waals surface area contributed by atoms with Gasteiger partial charge in [0.25, 0.3) is 0 Å². The van der Waals surface area contributed by atoms with Crippen molar-refractivity contribution in [2.24, 2.45) is 0 Å². The molecule has 0 saturated carbocycles. The number of hydrogen-bond donors (Lipinski definition) is 2. The van der Waals surface area contributed by atoms with Crippen molar-refractivity contribution in [1.82, 2.24) is 9.97 Å². The first kappa shape index (κ1) is 17.7.